The van der Waals surface area contributed by atoms with Gasteiger partial charge in [-0.05, 0) is 36.8 Å². The molecule has 2 aromatic carbocycles. The highest BCUT2D eigenvalue weighted by Gasteiger charge is 2.13. The average Bonchev–Trinajstić information content (AvgIpc) is 2.56. The molecular formula is C18H22N2O2S. The Hall–Kier alpha value is -1.82. The molecule has 122 valence electrons. The third-order valence-electron chi connectivity index (χ3n) is 3.39. The van der Waals surface area contributed by atoms with E-state index in [9.17, 15) is 4.79 Å². The summed E-state index contributed by atoms with van der Waals surface area (Å²) >= 11 is 1.80. The topological polar surface area (TPSA) is 64.3 Å². The van der Waals surface area contributed by atoms with Crippen LogP contribution in [-0.4, -0.2) is 25.7 Å². The Kier molecular flexibility index (Phi) is 6.65. The molecule has 2 unspecified atom stereocenters. The minimum atomic E-state index is -0.660. The average molecular weight is 330 g/mol. The Morgan fingerprint density at radius 1 is 1.17 bits per heavy atom. The van der Waals surface area contributed by atoms with Crippen molar-refractivity contribution in [2.75, 3.05) is 19.0 Å². The van der Waals surface area contributed by atoms with E-state index in [1.807, 2.05) is 42.5 Å². The number of anilines is 1. The molecule has 0 aromatic heterocycles. The van der Waals surface area contributed by atoms with Gasteiger partial charge in [-0.3, -0.25) is 4.79 Å². The van der Waals surface area contributed by atoms with E-state index in [2.05, 4.69) is 24.4 Å². The molecule has 5 heteroatoms. The fourth-order valence-electron chi connectivity index (χ4n) is 2.10. The van der Waals surface area contributed by atoms with Crippen molar-refractivity contribution in [3.63, 3.8) is 0 Å². The molecular weight excluding hydrogens is 308 g/mol. The van der Waals surface area contributed by atoms with Crippen LogP contribution in [-0.2, 0) is 9.53 Å². The van der Waals surface area contributed by atoms with E-state index in [0.29, 0.717) is 5.25 Å². The van der Waals surface area contributed by atoms with Crippen molar-refractivity contribution in [2.24, 2.45) is 5.73 Å². The quantitative estimate of drug-likeness (QED) is 0.763. The summed E-state index contributed by atoms with van der Waals surface area (Å²) in [5.41, 5.74) is 7.64. The van der Waals surface area contributed by atoms with Gasteiger partial charge in [0.15, 0.2) is 0 Å². The van der Waals surface area contributed by atoms with E-state index in [-0.39, 0.29) is 12.5 Å². The molecule has 0 fully saturated rings. The van der Waals surface area contributed by atoms with Gasteiger partial charge in [0.1, 0.15) is 6.04 Å². The smallest absolute Gasteiger partial charge is 0.243 e. The highest BCUT2D eigenvalue weighted by atomic mass is 32.2. The minimum Gasteiger partial charge on any atom is -0.383 e. The molecule has 0 saturated carbocycles. The number of nitrogens with two attached hydrogens (primary N) is 1. The summed E-state index contributed by atoms with van der Waals surface area (Å²) in [7, 11) is 1.52. The highest BCUT2D eigenvalue weighted by molar-refractivity contribution is 7.99. The lowest BCUT2D eigenvalue weighted by Gasteiger charge is -2.14. The number of methoxy groups -OCH3 is 1. The van der Waals surface area contributed by atoms with Gasteiger partial charge >= 0.3 is 0 Å². The standard InChI is InChI=1S/C18H22N2O2S/c1-13(23-16-6-4-3-5-7-16)14-8-10-15(11-9-14)20-18(21)17(19)12-22-2/h3-11,13,17H,12,19H2,1-2H3,(H,20,21). The molecule has 2 atom stereocenters. The van der Waals surface area contributed by atoms with Crippen molar-refractivity contribution in [1.29, 1.82) is 0 Å². The lowest BCUT2D eigenvalue weighted by Crippen LogP contribution is -2.39. The number of nitrogens with one attached hydrogen (secondary N) is 1. The molecule has 2 aromatic rings. The van der Waals surface area contributed by atoms with Crippen molar-refractivity contribution in [2.45, 2.75) is 23.1 Å². The molecule has 4 nitrogen and oxygen atoms in total. The van der Waals surface area contributed by atoms with Gasteiger partial charge in [0.2, 0.25) is 5.91 Å². The monoisotopic (exact) mass is 330 g/mol. The van der Waals surface area contributed by atoms with Gasteiger partial charge in [0.25, 0.3) is 0 Å². The second-order valence-corrected chi connectivity index (χ2v) is 6.66. The molecule has 0 radical (unpaired) electrons. The van der Waals surface area contributed by atoms with Crippen LogP contribution in [0.15, 0.2) is 59.5 Å². The summed E-state index contributed by atoms with van der Waals surface area (Å²) in [6, 6.07) is 17.5. The van der Waals surface area contributed by atoms with Gasteiger partial charge in [-0.1, -0.05) is 30.3 Å². The van der Waals surface area contributed by atoms with Crippen LogP contribution in [0.3, 0.4) is 0 Å². The zero-order valence-corrected chi connectivity index (χ0v) is 14.2. The number of ether oxygens (including phenoxy) is 1. The minimum absolute atomic E-state index is 0.203. The first kappa shape index (κ1) is 17.5. The predicted molar refractivity (Wildman–Crippen MR) is 95.6 cm³/mol. The van der Waals surface area contributed by atoms with Crippen molar-refractivity contribution in [3.05, 3.63) is 60.2 Å². The summed E-state index contributed by atoms with van der Waals surface area (Å²) < 4.78 is 4.88. The molecule has 0 heterocycles. The van der Waals surface area contributed by atoms with Crippen LogP contribution in [0.4, 0.5) is 5.69 Å². The zero-order valence-electron chi connectivity index (χ0n) is 13.4. The summed E-state index contributed by atoms with van der Waals surface area (Å²) in [5, 5.41) is 3.12. The fraction of sp³-hybridized carbons (Fsp3) is 0.278. The molecule has 0 aliphatic carbocycles. The van der Waals surface area contributed by atoms with Crippen molar-refractivity contribution < 1.29 is 9.53 Å². The van der Waals surface area contributed by atoms with Crippen molar-refractivity contribution in [1.82, 2.24) is 0 Å². The van der Waals surface area contributed by atoms with Crippen LogP contribution in [0, 0.1) is 0 Å². The lowest BCUT2D eigenvalue weighted by molar-refractivity contribution is -0.118. The first-order chi connectivity index (χ1) is 11.1. The molecule has 0 saturated heterocycles. The molecule has 0 bridgehead atoms. The second-order valence-electron chi connectivity index (χ2n) is 5.25. The molecule has 0 aliphatic heterocycles. The van der Waals surface area contributed by atoms with Crippen molar-refractivity contribution in [3.8, 4) is 0 Å². The predicted octanol–water partition coefficient (Wildman–Crippen LogP) is 3.45. The Morgan fingerprint density at radius 2 is 1.83 bits per heavy atom. The largest absolute Gasteiger partial charge is 0.383 e. The highest BCUT2D eigenvalue weighted by Crippen LogP contribution is 2.34. The van der Waals surface area contributed by atoms with Crippen LogP contribution < -0.4 is 11.1 Å². The molecule has 0 aliphatic rings. The van der Waals surface area contributed by atoms with Crippen LogP contribution >= 0.6 is 11.8 Å². The van der Waals surface area contributed by atoms with Gasteiger partial charge < -0.3 is 15.8 Å². The van der Waals surface area contributed by atoms with Crippen LogP contribution in [0.2, 0.25) is 0 Å². The van der Waals surface area contributed by atoms with E-state index < -0.39 is 6.04 Å². The maximum absolute atomic E-state index is 11.8. The Bertz CT molecular complexity index is 617. The maximum Gasteiger partial charge on any atom is 0.243 e. The Balaban J connectivity index is 1.95. The van der Waals surface area contributed by atoms with E-state index >= 15 is 0 Å². The number of benzene rings is 2. The summed E-state index contributed by atoms with van der Waals surface area (Å²) in [6.45, 7) is 2.37. The molecule has 1 amide bonds. The normalized spacial score (nSPS) is 13.3. The summed E-state index contributed by atoms with van der Waals surface area (Å²) in [6.07, 6.45) is 0. The maximum atomic E-state index is 11.8. The number of rotatable bonds is 7. The number of carbonyl (C=O) groups excluding carboxylic acids is 1. The SMILES string of the molecule is COCC(N)C(=O)Nc1ccc(C(C)Sc2ccccc2)cc1. The van der Waals surface area contributed by atoms with E-state index in [4.69, 9.17) is 10.5 Å². The third kappa shape index (κ3) is 5.39. The molecule has 2 rings (SSSR count). The van der Waals surface area contributed by atoms with E-state index in [0.717, 1.165) is 5.69 Å². The van der Waals surface area contributed by atoms with Crippen molar-refractivity contribution >= 4 is 23.4 Å². The number of hydrogen-bond acceptors (Lipinski definition) is 4. The summed E-state index contributed by atoms with van der Waals surface area (Å²) in [5.74, 6) is -0.244. The fourth-order valence-corrected chi connectivity index (χ4v) is 3.11. The zero-order chi connectivity index (χ0) is 16.7. The van der Waals surface area contributed by atoms with Gasteiger partial charge in [0, 0.05) is 22.9 Å². The molecule has 0 spiro atoms. The van der Waals surface area contributed by atoms with Crippen LogP contribution in [0.1, 0.15) is 17.7 Å². The van der Waals surface area contributed by atoms with Gasteiger partial charge in [0.05, 0.1) is 6.61 Å². The van der Waals surface area contributed by atoms with Crippen LogP contribution in [0.25, 0.3) is 0 Å². The third-order valence-corrected chi connectivity index (χ3v) is 4.56. The second kappa shape index (κ2) is 8.72. The first-order valence-electron chi connectivity index (χ1n) is 7.47. The molecule has 23 heavy (non-hydrogen) atoms. The lowest BCUT2D eigenvalue weighted by atomic mass is 10.1. The van der Waals surface area contributed by atoms with Gasteiger partial charge in [-0.25, -0.2) is 0 Å². The number of carbonyl (C=O) groups is 1. The number of hydrogen-bond donors (Lipinski definition) is 2. The van der Waals surface area contributed by atoms with E-state index in [1.54, 1.807) is 11.8 Å². The number of amides is 1. The number of thioether (sulfide) groups is 1. The summed E-state index contributed by atoms with van der Waals surface area (Å²) in [4.78, 5) is 13.1. The first-order valence-corrected chi connectivity index (χ1v) is 8.35. The Labute approximate surface area is 141 Å². The van der Waals surface area contributed by atoms with Gasteiger partial charge in [-0.15, -0.1) is 11.8 Å². The van der Waals surface area contributed by atoms with E-state index in [1.165, 1.54) is 17.6 Å². The van der Waals surface area contributed by atoms with Crippen LogP contribution in [0.5, 0.6) is 0 Å². The Morgan fingerprint density at radius 3 is 2.43 bits per heavy atom. The molecule has 3 N–H and O–H groups in total. The van der Waals surface area contributed by atoms with Gasteiger partial charge in [-0.2, -0.15) is 0 Å².